The molecule has 0 aliphatic heterocycles. The van der Waals surface area contributed by atoms with Crippen LogP contribution in [-0.2, 0) is 11.2 Å². The molecule has 0 aliphatic rings. The fourth-order valence-electron chi connectivity index (χ4n) is 1.30. The van der Waals surface area contributed by atoms with Crippen LogP contribution in [0, 0.1) is 0 Å². The van der Waals surface area contributed by atoms with Crippen LogP contribution in [0.25, 0.3) is 10.1 Å². The molecule has 1 heterocycles. The van der Waals surface area contributed by atoms with Crippen molar-refractivity contribution in [3.8, 4) is 0 Å². The van der Waals surface area contributed by atoms with Crippen LogP contribution < -0.4 is 0 Å². The fourth-order valence-corrected chi connectivity index (χ4v) is 2.10. The minimum Gasteiger partial charge on any atom is -0.300 e. The van der Waals surface area contributed by atoms with Crippen molar-refractivity contribution < 1.29 is 4.79 Å². The van der Waals surface area contributed by atoms with Gasteiger partial charge in [-0.2, -0.15) is 4.37 Å². The van der Waals surface area contributed by atoms with E-state index >= 15 is 0 Å². The van der Waals surface area contributed by atoms with Crippen molar-refractivity contribution in [2.24, 2.45) is 0 Å². The lowest BCUT2D eigenvalue weighted by Crippen LogP contribution is -1.96. The molecule has 0 N–H and O–H groups in total. The maximum Gasteiger partial charge on any atom is 0.135 e. The molecule has 0 bridgehead atoms. The summed E-state index contributed by atoms with van der Waals surface area (Å²) in [5, 5.41) is 1.11. The molecule has 0 spiro atoms. The van der Waals surface area contributed by atoms with Gasteiger partial charge >= 0.3 is 0 Å². The van der Waals surface area contributed by atoms with E-state index in [9.17, 15) is 4.79 Å². The van der Waals surface area contributed by atoms with Crippen molar-refractivity contribution in [2.45, 2.75) is 13.3 Å². The molecule has 2 aromatic rings. The van der Waals surface area contributed by atoms with Gasteiger partial charge in [0.25, 0.3) is 0 Å². The van der Waals surface area contributed by atoms with Crippen LogP contribution in [0.4, 0.5) is 0 Å². The average Bonchev–Trinajstić information content (AvgIpc) is 2.48. The number of benzene rings is 1. The van der Waals surface area contributed by atoms with Gasteiger partial charge in [0.1, 0.15) is 5.78 Å². The van der Waals surface area contributed by atoms with E-state index in [1.54, 1.807) is 6.92 Å². The molecule has 0 radical (unpaired) electrons. The normalized spacial score (nSPS) is 10.5. The van der Waals surface area contributed by atoms with E-state index in [1.165, 1.54) is 11.5 Å². The van der Waals surface area contributed by atoms with E-state index in [0.29, 0.717) is 6.42 Å². The predicted molar refractivity (Wildman–Crippen MR) is 54.0 cm³/mol. The van der Waals surface area contributed by atoms with E-state index in [2.05, 4.69) is 4.37 Å². The number of rotatable bonds is 2. The van der Waals surface area contributed by atoms with E-state index in [1.807, 2.05) is 24.3 Å². The summed E-state index contributed by atoms with van der Waals surface area (Å²) in [5.41, 5.74) is 0.910. The second kappa shape index (κ2) is 3.26. The Morgan fingerprint density at radius 1 is 1.46 bits per heavy atom. The van der Waals surface area contributed by atoms with Crippen LogP contribution in [-0.4, -0.2) is 10.2 Å². The maximum absolute atomic E-state index is 10.9. The minimum atomic E-state index is 0.163. The number of hydrogen-bond acceptors (Lipinski definition) is 3. The maximum atomic E-state index is 10.9. The Hall–Kier alpha value is -1.22. The van der Waals surface area contributed by atoms with Crippen molar-refractivity contribution in [1.82, 2.24) is 4.37 Å². The van der Waals surface area contributed by atoms with Gasteiger partial charge in [-0.15, -0.1) is 0 Å². The molecule has 1 aromatic heterocycles. The van der Waals surface area contributed by atoms with Crippen molar-refractivity contribution in [1.29, 1.82) is 0 Å². The van der Waals surface area contributed by atoms with Gasteiger partial charge in [-0.1, -0.05) is 18.2 Å². The van der Waals surface area contributed by atoms with E-state index in [-0.39, 0.29) is 5.78 Å². The Morgan fingerprint density at radius 2 is 2.23 bits per heavy atom. The summed E-state index contributed by atoms with van der Waals surface area (Å²) < 4.78 is 5.41. The Morgan fingerprint density at radius 3 is 3.00 bits per heavy atom. The zero-order valence-electron chi connectivity index (χ0n) is 7.28. The van der Waals surface area contributed by atoms with Gasteiger partial charge < -0.3 is 0 Å². The number of Topliss-reactive ketones (excluding diaryl/α,β-unsaturated/α-hetero) is 1. The molecule has 1 aromatic carbocycles. The van der Waals surface area contributed by atoms with E-state index < -0.39 is 0 Å². The van der Waals surface area contributed by atoms with Gasteiger partial charge in [0.2, 0.25) is 0 Å². The second-order valence-corrected chi connectivity index (χ2v) is 3.81. The standard InChI is InChI=1S/C10H9NOS/c1-7(12)6-9-8-4-2-3-5-10(8)13-11-9/h2-5H,6H2,1H3. The van der Waals surface area contributed by atoms with Crippen LogP contribution >= 0.6 is 11.5 Å². The Kier molecular flexibility index (Phi) is 2.10. The molecule has 0 saturated heterocycles. The molecule has 2 nitrogen and oxygen atoms in total. The van der Waals surface area contributed by atoms with Crippen molar-refractivity contribution >= 4 is 27.4 Å². The van der Waals surface area contributed by atoms with Crippen molar-refractivity contribution in [3.05, 3.63) is 30.0 Å². The minimum absolute atomic E-state index is 0.163. The first-order valence-electron chi connectivity index (χ1n) is 4.10. The van der Waals surface area contributed by atoms with Gasteiger partial charge in [-0.05, 0) is 24.5 Å². The third kappa shape index (κ3) is 1.60. The molecule has 13 heavy (non-hydrogen) atoms. The molecule has 0 amide bonds. The van der Waals surface area contributed by atoms with Gasteiger partial charge in [0.05, 0.1) is 16.8 Å². The zero-order chi connectivity index (χ0) is 9.26. The summed E-state index contributed by atoms with van der Waals surface area (Å²) >= 11 is 1.45. The molecule has 0 unspecified atom stereocenters. The molecule has 0 saturated carbocycles. The highest BCUT2D eigenvalue weighted by Crippen LogP contribution is 2.22. The van der Waals surface area contributed by atoms with Gasteiger partial charge in [-0.3, -0.25) is 4.79 Å². The lowest BCUT2D eigenvalue weighted by atomic mass is 10.1. The largest absolute Gasteiger partial charge is 0.300 e. The Balaban J connectivity index is 2.51. The number of fused-ring (bicyclic) bond motifs is 1. The predicted octanol–water partition coefficient (Wildman–Crippen LogP) is 2.43. The smallest absolute Gasteiger partial charge is 0.135 e. The fraction of sp³-hybridized carbons (Fsp3) is 0.200. The third-order valence-corrected chi connectivity index (χ3v) is 2.73. The number of nitrogens with zero attached hydrogens (tertiary/aromatic N) is 1. The van der Waals surface area contributed by atoms with Crippen LogP contribution in [0.3, 0.4) is 0 Å². The first-order chi connectivity index (χ1) is 6.27. The molecule has 3 heteroatoms. The van der Waals surface area contributed by atoms with Crippen LogP contribution in [0.1, 0.15) is 12.6 Å². The number of carbonyl (C=O) groups excluding carboxylic acids is 1. The highest BCUT2D eigenvalue weighted by atomic mass is 32.1. The van der Waals surface area contributed by atoms with Crippen molar-refractivity contribution in [2.75, 3.05) is 0 Å². The third-order valence-electron chi connectivity index (χ3n) is 1.87. The SMILES string of the molecule is CC(=O)Cc1nsc2ccccc12. The number of hydrogen-bond donors (Lipinski definition) is 0. The highest BCUT2D eigenvalue weighted by molar-refractivity contribution is 7.13. The lowest BCUT2D eigenvalue weighted by Gasteiger charge is -1.91. The summed E-state index contributed by atoms with van der Waals surface area (Å²) in [6.07, 6.45) is 0.448. The number of ketones is 1. The Bertz CT molecular complexity index is 447. The summed E-state index contributed by atoms with van der Waals surface area (Å²) in [7, 11) is 0. The lowest BCUT2D eigenvalue weighted by molar-refractivity contribution is -0.116. The quantitative estimate of drug-likeness (QED) is 0.729. The number of aromatic nitrogens is 1. The summed E-state index contributed by atoms with van der Waals surface area (Å²) in [6, 6.07) is 7.99. The van der Waals surface area contributed by atoms with Gasteiger partial charge in [-0.25, -0.2) is 0 Å². The molecule has 66 valence electrons. The first kappa shape index (κ1) is 8.38. The van der Waals surface area contributed by atoms with Crippen LogP contribution in [0.5, 0.6) is 0 Å². The molecular weight excluding hydrogens is 182 g/mol. The first-order valence-corrected chi connectivity index (χ1v) is 4.87. The molecule has 0 atom stereocenters. The number of carbonyl (C=O) groups is 1. The van der Waals surface area contributed by atoms with E-state index in [4.69, 9.17) is 0 Å². The van der Waals surface area contributed by atoms with Crippen LogP contribution in [0.2, 0.25) is 0 Å². The zero-order valence-corrected chi connectivity index (χ0v) is 8.10. The summed E-state index contributed by atoms with van der Waals surface area (Å²) in [6.45, 7) is 1.59. The molecule has 0 aliphatic carbocycles. The molecular formula is C10H9NOS. The monoisotopic (exact) mass is 191 g/mol. The van der Waals surface area contributed by atoms with E-state index in [0.717, 1.165) is 15.8 Å². The molecule has 0 fully saturated rings. The average molecular weight is 191 g/mol. The highest BCUT2D eigenvalue weighted by Gasteiger charge is 2.06. The Labute approximate surface area is 80.4 Å². The second-order valence-electron chi connectivity index (χ2n) is 3.00. The summed E-state index contributed by atoms with van der Waals surface area (Å²) in [5.74, 6) is 0.163. The van der Waals surface area contributed by atoms with Gasteiger partial charge in [0, 0.05) is 5.39 Å². The van der Waals surface area contributed by atoms with Crippen LogP contribution in [0.15, 0.2) is 24.3 Å². The van der Waals surface area contributed by atoms with Gasteiger partial charge in [0.15, 0.2) is 0 Å². The topological polar surface area (TPSA) is 30.0 Å². The summed E-state index contributed by atoms with van der Waals surface area (Å²) in [4.78, 5) is 10.9. The van der Waals surface area contributed by atoms with Crippen molar-refractivity contribution in [3.63, 3.8) is 0 Å². The molecule has 2 rings (SSSR count).